The van der Waals surface area contributed by atoms with Gasteiger partial charge in [-0.25, -0.2) is 18.6 Å². The Morgan fingerprint density at radius 1 is 0.959 bits per heavy atom. The molecule has 0 unspecified atom stereocenters. The Bertz CT molecular complexity index is 1980. The number of aliphatic hydroxyl groups is 2. The number of aryl methyl sites for hydroxylation is 2. The van der Waals surface area contributed by atoms with E-state index in [0.717, 1.165) is 12.1 Å². The number of rotatable bonds is 11. The van der Waals surface area contributed by atoms with E-state index < -0.39 is 41.3 Å². The number of amides is 2. The fraction of sp³-hybridized carbons (Fsp3) is 0.206. The number of halogens is 2. The fourth-order valence-electron chi connectivity index (χ4n) is 5.20. The largest absolute Gasteiger partial charge is 0.478 e. The van der Waals surface area contributed by atoms with Crippen molar-refractivity contribution in [2.45, 2.75) is 38.9 Å². The lowest BCUT2D eigenvalue weighted by Crippen LogP contribution is -2.18. The summed E-state index contributed by atoms with van der Waals surface area (Å²) in [7, 11) is 0. The maximum Gasteiger partial charge on any atom is 0.337 e. The van der Waals surface area contributed by atoms with Crippen LogP contribution in [0, 0.1) is 11.6 Å². The molecule has 5 rings (SSSR count). The second-order valence-corrected chi connectivity index (χ2v) is 10.9. The van der Waals surface area contributed by atoms with Gasteiger partial charge in [0.2, 0.25) is 0 Å². The van der Waals surface area contributed by atoms with Crippen LogP contribution >= 0.6 is 0 Å². The van der Waals surface area contributed by atoms with Gasteiger partial charge in [0.15, 0.2) is 12.0 Å². The maximum atomic E-state index is 15.1. The summed E-state index contributed by atoms with van der Waals surface area (Å²) in [6.07, 6.45) is 8.08. The maximum absolute atomic E-state index is 15.1. The molecule has 0 aliphatic carbocycles. The first-order valence-corrected chi connectivity index (χ1v) is 15.1. The fourth-order valence-corrected chi connectivity index (χ4v) is 5.20. The molecule has 2 aromatic heterocycles. The number of carboxylic acids is 1. The van der Waals surface area contributed by atoms with Crippen molar-refractivity contribution in [3.63, 3.8) is 0 Å². The number of nitrogens with zero attached hydrogens (tertiary/aromatic N) is 5. The summed E-state index contributed by atoms with van der Waals surface area (Å²) >= 11 is 0. The van der Waals surface area contributed by atoms with Gasteiger partial charge in [-0.3, -0.25) is 19.1 Å². The molecule has 0 spiro atoms. The van der Waals surface area contributed by atoms with Crippen LogP contribution in [0.1, 0.15) is 63.6 Å². The van der Waals surface area contributed by atoms with Crippen LogP contribution in [-0.2, 0) is 17.6 Å². The number of anilines is 2. The number of carbonyl (C=O) groups excluding carboxylic acids is 2. The van der Waals surface area contributed by atoms with E-state index in [2.05, 4.69) is 30.8 Å². The van der Waals surface area contributed by atoms with Crippen LogP contribution in [-0.4, -0.2) is 65.2 Å². The molecule has 252 valence electrons. The third-order valence-electron chi connectivity index (χ3n) is 7.76. The van der Waals surface area contributed by atoms with Gasteiger partial charge in [0, 0.05) is 35.4 Å². The van der Waals surface area contributed by atoms with Crippen LogP contribution in [0.5, 0.6) is 0 Å². The van der Waals surface area contributed by atoms with E-state index in [0.29, 0.717) is 17.8 Å². The smallest absolute Gasteiger partial charge is 0.337 e. The second kappa shape index (κ2) is 15.3. The molecule has 1 aliphatic rings. The van der Waals surface area contributed by atoms with Crippen LogP contribution in [0.15, 0.2) is 89.6 Å². The summed E-state index contributed by atoms with van der Waals surface area (Å²) in [5.41, 5.74) is 0.177. The molecule has 0 saturated carbocycles. The topological polar surface area (TPSA) is 192 Å². The molecule has 5 N–H and O–H groups in total. The van der Waals surface area contributed by atoms with E-state index in [1.807, 2.05) is 6.92 Å². The zero-order valence-electron chi connectivity index (χ0n) is 26.1. The first-order valence-electron chi connectivity index (χ1n) is 15.1. The van der Waals surface area contributed by atoms with Crippen LogP contribution in [0.3, 0.4) is 0 Å². The molecule has 4 aromatic rings. The Morgan fingerprint density at radius 3 is 2.31 bits per heavy atom. The van der Waals surface area contributed by atoms with Gasteiger partial charge in [-0.2, -0.15) is 5.10 Å². The number of carboxylic acid groups (broad SMARTS) is 1. The molecular formula is C34H31F2N7O6. The van der Waals surface area contributed by atoms with Crippen molar-refractivity contribution in [1.82, 2.24) is 19.7 Å². The molecule has 3 heterocycles. The van der Waals surface area contributed by atoms with E-state index in [4.69, 9.17) is 0 Å². The average molecular weight is 672 g/mol. The van der Waals surface area contributed by atoms with E-state index in [1.165, 1.54) is 30.5 Å². The quantitative estimate of drug-likeness (QED) is 0.145. The Balaban J connectivity index is 1.34. The summed E-state index contributed by atoms with van der Waals surface area (Å²) in [6.45, 7) is 2.09. The van der Waals surface area contributed by atoms with Gasteiger partial charge in [-0.15, -0.1) is 5.10 Å². The summed E-state index contributed by atoms with van der Waals surface area (Å²) in [6, 6.07) is 7.07. The van der Waals surface area contributed by atoms with Gasteiger partial charge in [-0.1, -0.05) is 6.92 Å². The number of hydrogen-bond acceptors (Lipinski definition) is 9. The minimum absolute atomic E-state index is 0.0185. The van der Waals surface area contributed by atoms with Crippen molar-refractivity contribution in [2.75, 3.05) is 17.2 Å². The molecular weight excluding hydrogens is 640 g/mol. The highest BCUT2D eigenvalue weighted by Crippen LogP contribution is 2.29. The first kappa shape index (κ1) is 34.4. The number of aliphatic hydroxyl groups excluding tert-OH is 1. The predicted molar refractivity (Wildman–Crippen MR) is 174 cm³/mol. The minimum atomic E-state index is -2.10. The van der Waals surface area contributed by atoms with Crippen LogP contribution in [0.4, 0.5) is 20.2 Å². The first-order chi connectivity index (χ1) is 23.5. The van der Waals surface area contributed by atoms with Crippen molar-refractivity contribution in [3.05, 3.63) is 124 Å². The lowest BCUT2D eigenvalue weighted by Gasteiger charge is -2.16. The number of imidazole rings is 1. The summed E-state index contributed by atoms with van der Waals surface area (Å²) in [5, 5.41) is 41.7. The normalized spacial score (nSPS) is 12.9. The molecule has 0 radical (unpaired) electrons. The van der Waals surface area contributed by atoms with Gasteiger partial charge < -0.3 is 26.0 Å². The molecule has 2 aromatic carbocycles. The lowest BCUT2D eigenvalue weighted by atomic mass is 9.98. The third kappa shape index (κ3) is 8.14. The van der Waals surface area contributed by atoms with Crippen molar-refractivity contribution < 1.29 is 38.5 Å². The molecule has 49 heavy (non-hydrogen) atoms. The number of benzene rings is 2. The van der Waals surface area contributed by atoms with Crippen molar-refractivity contribution >= 4 is 35.0 Å². The predicted octanol–water partition coefficient (Wildman–Crippen LogP) is 4.22. The molecule has 0 saturated heterocycles. The number of aliphatic imine (C=N–C) groups is 1. The monoisotopic (exact) mass is 671 g/mol. The highest BCUT2D eigenvalue weighted by atomic mass is 19.1. The zero-order valence-corrected chi connectivity index (χ0v) is 26.1. The van der Waals surface area contributed by atoms with Gasteiger partial charge in [0.1, 0.15) is 23.8 Å². The number of aromatic carboxylic acids is 1. The van der Waals surface area contributed by atoms with Crippen LogP contribution in [0.2, 0.25) is 0 Å². The Hall–Kier alpha value is -5.93. The van der Waals surface area contributed by atoms with Crippen molar-refractivity contribution in [1.29, 1.82) is 0 Å². The average Bonchev–Trinajstić information content (AvgIpc) is 3.53. The Labute approximate surface area is 278 Å². The molecule has 0 fully saturated rings. The summed E-state index contributed by atoms with van der Waals surface area (Å²) in [4.78, 5) is 46.7. The van der Waals surface area contributed by atoms with E-state index in [1.54, 1.807) is 35.4 Å². The number of allylic oxidation sites excluding steroid dienone is 1. The van der Waals surface area contributed by atoms with Crippen molar-refractivity contribution in [2.24, 2.45) is 4.99 Å². The van der Waals surface area contributed by atoms with E-state index in [-0.39, 0.29) is 65.1 Å². The van der Waals surface area contributed by atoms with E-state index >= 15 is 8.78 Å². The number of aromatic nitrogens is 4. The molecule has 0 atom stereocenters. The van der Waals surface area contributed by atoms with Gasteiger partial charge >= 0.3 is 5.97 Å². The zero-order chi connectivity index (χ0) is 35.1. The standard InChI is InChI=1S/C34H31F2N7O6/c1-2-19-17-38-30(43-12-11-37-18-43)9-8-22(19)31(44)40-28-13-20(25(35)15-23(28)33(46)47)5-3-6-21-14-29(24(34(48)49)16-26(21)36)41-32(45)27-7-4-10-39-42-27/h4,7-16,18,34,48-49H,2-3,5-6,17H2,1H3,(H,40,44)(H,41,45)(H,46,47). The summed E-state index contributed by atoms with van der Waals surface area (Å²) in [5.74, 6) is -3.81. The number of carbonyl (C=O) groups is 3. The SMILES string of the molecule is CCC1=C(C(=O)Nc2cc(CCCc3cc(NC(=O)c4cccnn4)c(C(O)O)cc3F)c(F)cc2C(=O)O)C=CC(n2ccnc2)=NC1. The van der Waals surface area contributed by atoms with Gasteiger partial charge in [-0.05, 0) is 90.9 Å². The molecule has 15 heteroatoms. The molecule has 1 aliphatic heterocycles. The lowest BCUT2D eigenvalue weighted by molar-refractivity contribution is -0.112. The molecule has 2 amide bonds. The molecule has 13 nitrogen and oxygen atoms in total. The Morgan fingerprint density at radius 2 is 1.67 bits per heavy atom. The highest BCUT2D eigenvalue weighted by molar-refractivity contribution is 6.10. The number of nitrogens with one attached hydrogen (secondary N) is 2. The van der Waals surface area contributed by atoms with Crippen LogP contribution < -0.4 is 10.6 Å². The second-order valence-electron chi connectivity index (χ2n) is 10.9. The highest BCUT2D eigenvalue weighted by Gasteiger charge is 2.22. The minimum Gasteiger partial charge on any atom is -0.478 e. The van der Waals surface area contributed by atoms with E-state index in [9.17, 15) is 29.7 Å². The van der Waals surface area contributed by atoms with Crippen LogP contribution in [0.25, 0.3) is 0 Å². The third-order valence-corrected chi connectivity index (χ3v) is 7.76. The van der Waals surface area contributed by atoms with Gasteiger partial charge in [0.05, 0.1) is 17.8 Å². The Kier molecular flexibility index (Phi) is 10.8. The summed E-state index contributed by atoms with van der Waals surface area (Å²) < 4.78 is 31.8. The van der Waals surface area contributed by atoms with Crippen molar-refractivity contribution in [3.8, 4) is 0 Å². The number of hydrogen-bond donors (Lipinski definition) is 5. The van der Waals surface area contributed by atoms with Gasteiger partial charge in [0.25, 0.3) is 11.8 Å². The molecule has 0 bridgehead atoms.